The number of esters is 2. The predicted octanol–water partition coefficient (Wildman–Crippen LogP) is 2.91. The molecule has 0 amide bonds. The van der Waals surface area contributed by atoms with Crippen LogP contribution in [0.15, 0.2) is 24.3 Å². The third-order valence-electron chi connectivity index (χ3n) is 2.38. The second kappa shape index (κ2) is 11.3. The van der Waals surface area contributed by atoms with Crippen LogP contribution in [0, 0.1) is 0 Å². The molecule has 0 aromatic heterocycles. The maximum absolute atomic E-state index is 11.5. The molecule has 1 rings (SSSR count). The zero-order valence-corrected chi connectivity index (χ0v) is 13.1. The molecule has 6 heteroatoms. The molecule has 0 spiro atoms. The van der Waals surface area contributed by atoms with Gasteiger partial charge in [0, 0.05) is 6.42 Å². The van der Waals surface area contributed by atoms with Gasteiger partial charge in [-0.2, -0.15) is 0 Å². The summed E-state index contributed by atoms with van der Waals surface area (Å²) in [6.45, 7) is 5.82. The van der Waals surface area contributed by atoms with Gasteiger partial charge in [-0.3, -0.25) is 4.79 Å². The van der Waals surface area contributed by atoms with Gasteiger partial charge in [0.25, 0.3) is 0 Å². The van der Waals surface area contributed by atoms with Crippen molar-refractivity contribution in [2.24, 2.45) is 0 Å². The van der Waals surface area contributed by atoms with E-state index in [1.807, 2.05) is 6.92 Å². The number of carbonyl (C=O) groups is 3. The first kappa shape index (κ1) is 19.6. The maximum Gasteiger partial charge on any atom is 0.338 e. The van der Waals surface area contributed by atoms with Crippen LogP contribution in [0.3, 0.4) is 0 Å². The molecule has 0 aliphatic heterocycles. The Bertz CT molecular complexity index is 458. The normalized spacial score (nSPS) is 9.23. The molecule has 0 bridgehead atoms. The van der Waals surface area contributed by atoms with Gasteiger partial charge in [0.1, 0.15) is 0 Å². The zero-order chi connectivity index (χ0) is 17.0. The Balaban J connectivity index is 0.000000626. The highest BCUT2D eigenvalue weighted by atomic mass is 16.5. The van der Waals surface area contributed by atoms with Crippen molar-refractivity contribution in [3.63, 3.8) is 0 Å². The van der Waals surface area contributed by atoms with Crippen molar-refractivity contribution in [1.82, 2.24) is 0 Å². The summed E-state index contributed by atoms with van der Waals surface area (Å²) in [6, 6.07) is 6.44. The Morgan fingerprint density at radius 2 is 1.32 bits per heavy atom. The first-order chi connectivity index (χ1) is 10.5. The van der Waals surface area contributed by atoms with Crippen LogP contribution >= 0.6 is 0 Å². The summed E-state index contributed by atoms with van der Waals surface area (Å²) >= 11 is 0. The number of hydrogen-bond acceptors (Lipinski definition) is 5. The van der Waals surface area contributed by atoms with Crippen molar-refractivity contribution < 1.29 is 29.0 Å². The summed E-state index contributed by atoms with van der Waals surface area (Å²) in [6.07, 6.45) is 1.02. The summed E-state index contributed by atoms with van der Waals surface area (Å²) in [4.78, 5) is 32.7. The fourth-order valence-corrected chi connectivity index (χ4v) is 1.47. The summed E-state index contributed by atoms with van der Waals surface area (Å²) in [5, 5.41) is 7.91. The van der Waals surface area contributed by atoms with Gasteiger partial charge in [0.15, 0.2) is 0 Å². The van der Waals surface area contributed by atoms with Crippen LogP contribution in [0.1, 0.15) is 54.3 Å². The predicted molar refractivity (Wildman–Crippen MR) is 80.9 cm³/mol. The van der Waals surface area contributed by atoms with E-state index in [0.29, 0.717) is 6.42 Å². The van der Waals surface area contributed by atoms with E-state index in [1.165, 1.54) is 0 Å². The Hall–Kier alpha value is -2.37. The van der Waals surface area contributed by atoms with Crippen LogP contribution in [0.25, 0.3) is 0 Å². The van der Waals surface area contributed by atoms with E-state index in [1.54, 1.807) is 38.1 Å². The number of aliphatic carboxylic acids is 1. The minimum Gasteiger partial charge on any atom is -0.481 e. The Morgan fingerprint density at radius 3 is 1.55 bits per heavy atom. The highest BCUT2D eigenvalue weighted by molar-refractivity contribution is 6.03. The van der Waals surface area contributed by atoms with Gasteiger partial charge in [-0.15, -0.1) is 0 Å². The lowest BCUT2D eigenvalue weighted by Gasteiger charge is -2.07. The largest absolute Gasteiger partial charge is 0.481 e. The molecule has 0 aliphatic carbocycles. The van der Waals surface area contributed by atoms with Gasteiger partial charge in [-0.1, -0.05) is 19.1 Å². The highest BCUT2D eigenvalue weighted by Crippen LogP contribution is 2.11. The van der Waals surface area contributed by atoms with E-state index >= 15 is 0 Å². The van der Waals surface area contributed by atoms with Crippen molar-refractivity contribution in [1.29, 1.82) is 0 Å². The van der Waals surface area contributed by atoms with Crippen LogP contribution in [-0.4, -0.2) is 36.2 Å². The molecule has 1 N–H and O–H groups in total. The zero-order valence-electron chi connectivity index (χ0n) is 13.1. The Kier molecular flexibility index (Phi) is 10.1. The third kappa shape index (κ3) is 7.42. The standard InChI is InChI=1S/C12H14O4.C4H8O2/c1-3-15-11(13)9-7-5-6-8-10(9)12(14)16-4-2;1-2-3-4(5)6/h5-8H,3-4H2,1-2H3;2-3H2,1H3,(H,5,6). The van der Waals surface area contributed by atoms with Crippen LogP contribution < -0.4 is 0 Å². The Labute approximate surface area is 130 Å². The number of ether oxygens (including phenoxy) is 2. The molecule has 0 fully saturated rings. The third-order valence-corrected chi connectivity index (χ3v) is 2.38. The summed E-state index contributed by atoms with van der Waals surface area (Å²) < 4.78 is 9.70. The fourth-order valence-electron chi connectivity index (χ4n) is 1.47. The van der Waals surface area contributed by atoms with Gasteiger partial charge >= 0.3 is 17.9 Å². The van der Waals surface area contributed by atoms with E-state index < -0.39 is 17.9 Å². The average Bonchev–Trinajstić information content (AvgIpc) is 2.48. The molecule has 0 saturated heterocycles. The van der Waals surface area contributed by atoms with Gasteiger partial charge < -0.3 is 14.6 Å². The first-order valence-corrected chi connectivity index (χ1v) is 7.12. The molecule has 1 aromatic rings. The minimum atomic E-state index is -0.711. The fraction of sp³-hybridized carbons (Fsp3) is 0.438. The number of rotatable bonds is 6. The summed E-state index contributed by atoms with van der Waals surface area (Å²) in [7, 11) is 0. The quantitative estimate of drug-likeness (QED) is 0.812. The second-order valence-corrected chi connectivity index (χ2v) is 4.13. The molecule has 122 valence electrons. The van der Waals surface area contributed by atoms with Crippen molar-refractivity contribution >= 4 is 17.9 Å². The molecular formula is C16H22O6. The summed E-state index contributed by atoms with van der Waals surface area (Å²) in [5.41, 5.74) is 0.477. The molecule has 6 nitrogen and oxygen atoms in total. The highest BCUT2D eigenvalue weighted by Gasteiger charge is 2.17. The van der Waals surface area contributed by atoms with Gasteiger partial charge in [0.05, 0.1) is 24.3 Å². The lowest BCUT2D eigenvalue weighted by molar-refractivity contribution is -0.137. The van der Waals surface area contributed by atoms with E-state index in [-0.39, 0.29) is 24.3 Å². The van der Waals surface area contributed by atoms with Crippen molar-refractivity contribution in [3.8, 4) is 0 Å². The number of carboxylic acids is 1. The average molecular weight is 310 g/mol. The SMILES string of the molecule is CCCC(=O)O.CCOC(=O)c1ccccc1C(=O)OCC. The van der Waals surface area contributed by atoms with Gasteiger partial charge in [-0.05, 0) is 32.4 Å². The molecule has 0 radical (unpaired) electrons. The number of carboxylic acid groups (broad SMARTS) is 1. The smallest absolute Gasteiger partial charge is 0.338 e. The second-order valence-electron chi connectivity index (χ2n) is 4.13. The van der Waals surface area contributed by atoms with Crippen molar-refractivity contribution in [2.75, 3.05) is 13.2 Å². The monoisotopic (exact) mass is 310 g/mol. The van der Waals surface area contributed by atoms with Crippen molar-refractivity contribution in [2.45, 2.75) is 33.6 Å². The molecule has 0 aliphatic rings. The number of carbonyl (C=O) groups excluding carboxylic acids is 2. The summed E-state index contributed by atoms with van der Waals surface area (Å²) in [5.74, 6) is -1.73. The van der Waals surface area contributed by atoms with E-state index in [2.05, 4.69) is 0 Å². The van der Waals surface area contributed by atoms with Crippen LogP contribution in [-0.2, 0) is 14.3 Å². The van der Waals surface area contributed by atoms with Crippen LogP contribution in [0.5, 0.6) is 0 Å². The lowest BCUT2D eigenvalue weighted by Crippen LogP contribution is -2.13. The molecule has 0 saturated carbocycles. The molecule has 0 heterocycles. The van der Waals surface area contributed by atoms with E-state index in [9.17, 15) is 14.4 Å². The van der Waals surface area contributed by atoms with Crippen LogP contribution in [0.2, 0.25) is 0 Å². The van der Waals surface area contributed by atoms with E-state index in [4.69, 9.17) is 14.6 Å². The van der Waals surface area contributed by atoms with Crippen LogP contribution in [0.4, 0.5) is 0 Å². The number of benzene rings is 1. The molecule has 1 aromatic carbocycles. The van der Waals surface area contributed by atoms with Gasteiger partial charge in [0.2, 0.25) is 0 Å². The molecule has 22 heavy (non-hydrogen) atoms. The topological polar surface area (TPSA) is 89.9 Å². The Morgan fingerprint density at radius 1 is 0.909 bits per heavy atom. The molecule has 0 atom stereocenters. The minimum absolute atomic E-state index is 0.239. The number of hydrogen-bond donors (Lipinski definition) is 1. The maximum atomic E-state index is 11.5. The molecule has 0 unspecified atom stereocenters. The van der Waals surface area contributed by atoms with Gasteiger partial charge in [-0.25, -0.2) is 9.59 Å². The molecular weight excluding hydrogens is 288 g/mol. The lowest BCUT2D eigenvalue weighted by atomic mass is 10.1. The van der Waals surface area contributed by atoms with Crippen molar-refractivity contribution in [3.05, 3.63) is 35.4 Å². The first-order valence-electron chi connectivity index (χ1n) is 7.12. The van der Waals surface area contributed by atoms with E-state index in [0.717, 1.165) is 6.42 Å².